The van der Waals surface area contributed by atoms with Gasteiger partial charge in [-0.3, -0.25) is 4.98 Å². The van der Waals surface area contributed by atoms with Crippen LogP contribution in [0.15, 0.2) is 30.6 Å². The molecule has 0 saturated carbocycles. The minimum absolute atomic E-state index is 0. The first-order valence-electron chi connectivity index (χ1n) is 6.88. The molecule has 0 amide bonds. The van der Waals surface area contributed by atoms with Crippen molar-refractivity contribution in [3.05, 3.63) is 46.9 Å². The zero-order chi connectivity index (χ0) is 15.6. The number of rotatable bonds is 3. The van der Waals surface area contributed by atoms with Crippen LogP contribution in [0.4, 0.5) is 11.5 Å². The third kappa shape index (κ3) is 4.57. The molecule has 6 heteroatoms. The number of nitrogens with one attached hydrogen (secondary N) is 1. The van der Waals surface area contributed by atoms with Gasteiger partial charge in [0.15, 0.2) is 0 Å². The van der Waals surface area contributed by atoms with Gasteiger partial charge in [-0.05, 0) is 36.1 Å². The van der Waals surface area contributed by atoms with Crippen LogP contribution in [0, 0.1) is 12.3 Å². The molecule has 2 heterocycles. The van der Waals surface area contributed by atoms with Crippen LogP contribution in [-0.2, 0) is 0 Å². The fourth-order valence-corrected chi connectivity index (χ4v) is 2.12. The lowest BCUT2D eigenvalue weighted by Gasteiger charge is -2.27. The summed E-state index contributed by atoms with van der Waals surface area (Å²) in [5.74, 6) is 0.604. The smallest absolute Gasteiger partial charge is 0.149 e. The molecule has 0 radical (unpaired) electrons. The van der Waals surface area contributed by atoms with Crippen molar-refractivity contribution in [2.45, 2.75) is 33.7 Å². The Morgan fingerprint density at radius 2 is 1.86 bits per heavy atom. The van der Waals surface area contributed by atoms with Gasteiger partial charge in [0.2, 0.25) is 0 Å². The predicted molar refractivity (Wildman–Crippen MR) is 95.1 cm³/mol. The third-order valence-electron chi connectivity index (χ3n) is 3.33. The summed E-state index contributed by atoms with van der Waals surface area (Å²) in [5, 5.41) is 3.71. The first kappa shape index (κ1) is 18.7. The van der Waals surface area contributed by atoms with Gasteiger partial charge in [0.1, 0.15) is 5.82 Å². The van der Waals surface area contributed by atoms with E-state index in [2.05, 4.69) is 36.1 Å². The number of halogens is 2. The van der Waals surface area contributed by atoms with Crippen molar-refractivity contribution in [3.63, 3.8) is 0 Å². The van der Waals surface area contributed by atoms with E-state index in [0.29, 0.717) is 10.8 Å². The zero-order valence-electron chi connectivity index (χ0n) is 13.2. The molecule has 4 nitrogen and oxygen atoms in total. The van der Waals surface area contributed by atoms with Gasteiger partial charge in [-0.2, -0.15) is 0 Å². The van der Waals surface area contributed by atoms with Gasteiger partial charge in [0.25, 0.3) is 0 Å². The first-order chi connectivity index (χ1) is 9.77. The molecule has 1 atom stereocenters. The normalized spacial score (nSPS) is 12.5. The number of nitrogens with zero attached hydrogens (tertiary/aromatic N) is 2. The maximum Gasteiger partial charge on any atom is 0.149 e. The highest BCUT2D eigenvalue weighted by Crippen LogP contribution is 2.33. The Bertz CT molecular complexity index is 621. The lowest BCUT2D eigenvalue weighted by atomic mass is 9.84. The number of hydrogen-bond donors (Lipinski definition) is 2. The van der Waals surface area contributed by atoms with E-state index in [1.165, 1.54) is 0 Å². The largest absolute Gasteiger partial charge is 0.338 e. The van der Waals surface area contributed by atoms with E-state index in [4.69, 9.17) is 17.3 Å². The average molecular weight is 341 g/mol. The van der Waals surface area contributed by atoms with Crippen molar-refractivity contribution in [2.75, 3.05) is 5.32 Å². The minimum atomic E-state index is -0.113. The summed E-state index contributed by atoms with van der Waals surface area (Å²) in [7, 11) is 0. The molecule has 2 aromatic heterocycles. The number of hydrogen-bond acceptors (Lipinski definition) is 4. The van der Waals surface area contributed by atoms with Gasteiger partial charge >= 0.3 is 0 Å². The molecule has 3 N–H and O–H groups in total. The zero-order valence-corrected chi connectivity index (χ0v) is 14.8. The number of pyridine rings is 2. The van der Waals surface area contributed by atoms with Crippen LogP contribution in [0.2, 0.25) is 5.02 Å². The molecule has 0 aromatic carbocycles. The van der Waals surface area contributed by atoms with Crippen LogP contribution >= 0.6 is 24.0 Å². The molecule has 2 aromatic rings. The molecule has 0 unspecified atom stereocenters. The molecule has 0 aliphatic heterocycles. The summed E-state index contributed by atoms with van der Waals surface area (Å²) in [5.41, 5.74) is 8.93. The quantitative estimate of drug-likeness (QED) is 0.853. The third-order valence-corrected chi connectivity index (χ3v) is 3.62. The van der Waals surface area contributed by atoms with Gasteiger partial charge in [-0.15, -0.1) is 12.4 Å². The molecule has 0 saturated heterocycles. The highest BCUT2D eigenvalue weighted by molar-refractivity contribution is 6.33. The molecule has 22 heavy (non-hydrogen) atoms. The van der Waals surface area contributed by atoms with Crippen molar-refractivity contribution >= 4 is 35.5 Å². The van der Waals surface area contributed by atoms with Crippen molar-refractivity contribution in [1.29, 1.82) is 0 Å². The second-order valence-corrected chi connectivity index (χ2v) is 6.66. The lowest BCUT2D eigenvalue weighted by molar-refractivity contribution is 0.326. The van der Waals surface area contributed by atoms with Crippen molar-refractivity contribution in [2.24, 2.45) is 11.1 Å². The Labute approximate surface area is 142 Å². The van der Waals surface area contributed by atoms with Crippen LogP contribution in [0.5, 0.6) is 0 Å². The predicted octanol–water partition coefficient (Wildman–Crippen LogP) is 4.65. The van der Waals surface area contributed by atoms with E-state index >= 15 is 0 Å². The number of aryl methyl sites for hydroxylation is 1. The molecule has 0 bridgehead atoms. The molecule has 0 aliphatic carbocycles. The Kier molecular flexibility index (Phi) is 6.17. The van der Waals surface area contributed by atoms with Crippen LogP contribution in [-0.4, -0.2) is 9.97 Å². The van der Waals surface area contributed by atoms with Gasteiger partial charge in [-0.25, -0.2) is 4.98 Å². The minimum Gasteiger partial charge on any atom is -0.338 e. The van der Waals surface area contributed by atoms with Gasteiger partial charge in [0, 0.05) is 17.9 Å². The standard InChI is InChI=1S/C16H21ClN4.ClH/c1-10-5-6-12(9-19-10)21-15-13(17)7-11(8-20-15)14(18)16(2,3)4;/h5-9,14H,18H2,1-4H3,(H,20,21);1H/t14-;/m0./s1. The second-order valence-electron chi connectivity index (χ2n) is 6.26. The Morgan fingerprint density at radius 1 is 1.18 bits per heavy atom. The monoisotopic (exact) mass is 340 g/mol. The molecular formula is C16H22Cl2N4. The van der Waals surface area contributed by atoms with E-state index < -0.39 is 0 Å². The molecule has 0 fully saturated rings. The summed E-state index contributed by atoms with van der Waals surface area (Å²) >= 11 is 6.30. The van der Waals surface area contributed by atoms with Crippen molar-refractivity contribution in [1.82, 2.24) is 9.97 Å². The van der Waals surface area contributed by atoms with Gasteiger partial charge in [0.05, 0.1) is 16.9 Å². The van der Waals surface area contributed by atoms with Crippen molar-refractivity contribution in [3.8, 4) is 0 Å². The maximum atomic E-state index is 6.30. The molecule has 0 spiro atoms. The Balaban J connectivity index is 0.00000242. The van der Waals surface area contributed by atoms with E-state index in [1.807, 2.05) is 25.1 Å². The SMILES string of the molecule is Cc1ccc(Nc2ncc([C@H](N)C(C)(C)C)cc2Cl)cn1.Cl. The molecule has 120 valence electrons. The topological polar surface area (TPSA) is 63.8 Å². The van der Waals surface area contributed by atoms with Crippen LogP contribution in [0.1, 0.15) is 38.1 Å². The van der Waals surface area contributed by atoms with E-state index in [9.17, 15) is 0 Å². The highest BCUT2D eigenvalue weighted by Gasteiger charge is 2.23. The summed E-state index contributed by atoms with van der Waals surface area (Å²) in [6.45, 7) is 8.22. The van der Waals surface area contributed by atoms with Crippen molar-refractivity contribution < 1.29 is 0 Å². The number of anilines is 2. The van der Waals surface area contributed by atoms with Crippen LogP contribution in [0.3, 0.4) is 0 Å². The molecule has 0 aliphatic rings. The van der Waals surface area contributed by atoms with Gasteiger partial charge in [-0.1, -0.05) is 32.4 Å². The second kappa shape index (κ2) is 7.27. The lowest BCUT2D eigenvalue weighted by Crippen LogP contribution is -2.26. The number of nitrogens with two attached hydrogens (primary N) is 1. The van der Waals surface area contributed by atoms with Crippen LogP contribution in [0.25, 0.3) is 0 Å². The number of aromatic nitrogens is 2. The highest BCUT2D eigenvalue weighted by atomic mass is 35.5. The van der Waals surface area contributed by atoms with E-state index in [-0.39, 0.29) is 23.9 Å². The maximum absolute atomic E-state index is 6.30. The summed E-state index contributed by atoms with van der Waals surface area (Å²) in [6.07, 6.45) is 3.52. The molecular weight excluding hydrogens is 319 g/mol. The fourth-order valence-electron chi connectivity index (χ4n) is 1.89. The summed E-state index contributed by atoms with van der Waals surface area (Å²) in [6, 6.07) is 5.63. The Morgan fingerprint density at radius 3 is 2.36 bits per heavy atom. The Hall–Kier alpha value is -1.36. The van der Waals surface area contributed by atoms with E-state index in [1.54, 1.807) is 12.4 Å². The molecule has 2 rings (SSSR count). The summed E-state index contributed by atoms with van der Waals surface area (Å²) in [4.78, 5) is 8.61. The summed E-state index contributed by atoms with van der Waals surface area (Å²) < 4.78 is 0. The van der Waals surface area contributed by atoms with Gasteiger partial charge < -0.3 is 11.1 Å². The average Bonchev–Trinajstić information content (AvgIpc) is 2.41. The fraction of sp³-hybridized carbons (Fsp3) is 0.375. The first-order valence-corrected chi connectivity index (χ1v) is 7.26. The van der Waals surface area contributed by atoms with E-state index in [0.717, 1.165) is 16.9 Å². The van der Waals surface area contributed by atoms with Crippen LogP contribution < -0.4 is 11.1 Å².